The lowest BCUT2D eigenvalue weighted by Crippen LogP contribution is -2.53. The summed E-state index contributed by atoms with van der Waals surface area (Å²) in [6.07, 6.45) is 18.9. The Labute approximate surface area is 137 Å². The largest absolute Gasteiger partial charge is 0.391 e. The molecule has 1 rings (SSSR count). The van der Waals surface area contributed by atoms with Gasteiger partial charge in [0.2, 0.25) is 0 Å². The highest BCUT2D eigenvalue weighted by Crippen LogP contribution is 2.22. The fourth-order valence-electron chi connectivity index (χ4n) is 3.37. The van der Waals surface area contributed by atoms with Crippen molar-refractivity contribution in [3.63, 3.8) is 0 Å². The second kappa shape index (κ2) is 11.8. The number of likely N-dealkylation sites (N-methyl/N-ethyl adjacent to an activating group) is 1. The molecule has 0 aliphatic carbocycles. The van der Waals surface area contributed by atoms with Gasteiger partial charge >= 0.3 is 0 Å². The van der Waals surface area contributed by atoms with Gasteiger partial charge < -0.3 is 5.11 Å². The standard InChI is InChI=1S/C19H37N2O/c1-3-5-6-7-8-9-10-11-12-13-14-19-20-15-16-21(19,4-2)17-18-22/h12-13,15,19,22H,3-11,14,16-18H2,1-2H3/q+1/b13-12+. The van der Waals surface area contributed by atoms with Crippen molar-refractivity contribution in [2.24, 2.45) is 4.99 Å². The first-order chi connectivity index (χ1) is 10.8. The maximum atomic E-state index is 9.30. The lowest BCUT2D eigenvalue weighted by atomic mass is 10.1. The number of rotatable bonds is 13. The van der Waals surface area contributed by atoms with Crippen LogP contribution < -0.4 is 0 Å². The molecule has 0 saturated carbocycles. The zero-order valence-corrected chi connectivity index (χ0v) is 14.8. The Balaban J connectivity index is 2.13. The third kappa shape index (κ3) is 6.62. The molecule has 0 bridgehead atoms. The molecule has 3 nitrogen and oxygen atoms in total. The van der Waals surface area contributed by atoms with Gasteiger partial charge in [-0.1, -0.05) is 57.6 Å². The maximum Gasteiger partial charge on any atom is 0.186 e. The van der Waals surface area contributed by atoms with Crippen LogP contribution in [0.5, 0.6) is 0 Å². The quantitative estimate of drug-likeness (QED) is 0.307. The predicted octanol–water partition coefficient (Wildman–Crippen LogP) is 4.31. The van der Waals surface area contributed by atoms with Crippen LogP contribution in [0, 0.1) is 0 Å². The van der Waals surface area contributed by atoms with Crippen LogP contribution in [0.2, 0.25) is 0 Å². The highest BCUT2D eigenvalue weighted by Gasteiger charge is 2.36. The van der Waals surface area contributed by atoms with Crippen molar-refractivity contribution in [1.82, 2.24) is 0 Å². The molecule has 0 aromatic rings. The Morgan fingerprint density at radius 1 is 1.09 bits per heavy atom. The topological polar surface area (TPSA) is 32.6 Å². The van der Waals surface area contributed by atoms with Crippen LogP contribution in [0.1, 0.15) is 71.6 Å². The van der Waals surface area contributed by atoms with Crippen molar-refractivity contribution in [1.29, 1.82) is 0 Å². The van der Waals surface area contributed by atoms with Gasteiger partial charge in [0.25, 0.3) is 0 Å². The summed E-state index contributed by atoms with van der Waals surface area (Å²) >= 11 is 0. The summed E-state index contributed by atoms with van der Waals surface area (Å²) in [5.41, 5.74) is 0. The summed E-state index contributed by atoms with van der Waals surface area (Å²) in [5.74, 6) is 0. The molecule has 1 N–H and O–H groups in total. The van der Waals surface area contributed by atoms with Crippen molar-refractivity contribution in [2.45, 2.75) is 77.8 Å². The van der Waals surface area contributed by atoms with E-state index in [2.05, 4.69) is 31.0 Å². The number of aliphatic imine (C=N–C) groups is 1. The maximum absolute atomic E-state index is 9.30. The van der Waals surface area contributed by atoms with E-state index < -0.39 is 0 Å². The monoisotopic (exact) mass is 309 g/mol. The zero-order valence-electron chi connectivity index (χ0n) is 14.8. The average molecular weight is 310 g/mol. The Morgan fingerprint density at radius 3 is 2.50 bits per heavy atom. The van der Waals surface area contributed by atoms with E-state index in [0.29, 0.717) is 6.17 Å². The van der Waals surface area contributed by atoms with E-state index in [1.807, 2.05) is 6.21 Å². The van der Waals surface area contributed by atoms with E-state index in [4.69, 9.17) is 0 Å². The van der Waals surface area contributed by atoms with E-state index in [0.717, 1.165) is 30.5 Å². The Morgan fingerprint density at radius 2 is 1.82 bits per heavy atom. The second-order valence-electron chi connectivity index (χ2n) is 6.59. The van der Waals surface area contributed by atoms with Gasteiger partial charge in [0.15, 0.2) is 6.17 Å². The van der Waals surface area contributed by atoms with Crippen LogP contribution in [-0.2, 0) is 0 Å². The summed E-state index contributed by atoms with van der Waals surface area (Å²) < 4.78 is 0.929. The molecule has 1 aliphatic rings. The number of nitrogens with zero attached hydrogens (tertiary/aromatic N) is 2. The van der Waals surface area contributed by atoms with Crippen LogP contribution in [-0.4, -0.2) is 48.2 Å². The average Bonchev–Trinajstić information content (AvgIpc) is 2.93. The first-order valence-electron chi connectivity index (χ1n) is 9.42. The molecule has 1 heterocycles. The van der Waals surface area contributed by atoms with E-state index in [1.54, 1.807) is 0 Å². The number of unbranched alkanes of at least 4 members (excludes halogenated alkanes) is 7. The fourth-order valence-corrected chi connectivity index (χ4v) is 3.37. The molecule has 0 fully saturated rings. The van der Waals surface area contributed by atoms with E-state index >= 15 is 0 Å². The van der Waals surface area contributed by atoms with E-state index in [9.17, 15) is 5.11 Å². The summed E-state index contributed by atoms with van der Waals surface area (Å²) in [6.45, 7) is 7.59. The van der Waals surface area contributed by atoms with Crippen LogP contribution in [0.25, 0.3) is 0 Å². The molecule has 0 aromatic heterocycles. The van der Waals surface area contributed by atoms with Gasteiger partial charge in [0, 0.05) is 6.42 Å². The summed E-state index contributed by atoms with van der Waals surface area (Å²) in [5, 5.41) is 9.30. The van der Waals surface area contributed by atoms with Gasteiger partial charge in [0.1, 0.15) is 13.1 Å². The van der Waals surface area contributed by atoms with Crippen molar-refractivity contribution in [3.8, 4) is 0 Å². The highest BCUT2D eigenvalue weighted by molar-refractivity contribution is 5.60. The third-order valence-corrected chi connectivity index (χ3v) is 5.02. The van der Waals surface area contributed by atoms with Crippen molar-refractivity contribution < 1.29 is 9.59 Å². The predicted molar refractivity (Wildman–Crippen MR) is 96.3 cm³/mol. The normalized spacial score (nSPS) is 24.6. The lowest BCUT2D eigenvalue weighted by Gasteiger charge is -2.37. The number of hydrogen-bond acceptors (Lipinski definition) is 2. The van der Waals surface area contributed by atoms with Crippen molar-refractivity contribution >= 4 is 6.21 Å². The van der Waals surface area contributed by atoms with Crippen LogP contribution in [0.4, 0.5) is 0 Å². The molecule has 128 valence electrons. The highest BCUT2D eigenvalue weighted by atomic mass is 16.3. The Hall–Kier alpha value is -0.670. The van der Waals surface area contributed by atoms with Gasteiger partial charge in [-0.25, -0.2) is 4.99 Å². The molecular formula is C19H37N2O+. The van der Waals surface area contributed by atoms with Gasteiger partial charge in [0.05, 0.1) is 19.4 Å². The molecule has 2 atom stereocenters. The zero-order chi connectivity index (χ0) is 16.1. The smallest absolute Gasteiger partial charge is 0.186 e. The van der Waals surface area contributed by atoms with Gasteiger partial charge in [-0.15, -0.1) is 0 Å². The van der Waals surface area contributed by atoms with Crippen LogP contribution in [0.3, 0.4) is 0 Å². The summed E-state index contributed by atoms with van der Waals surface area (Å²) in [6, 6.07) is 0. The number of aliphatic hydroxyl groups excluding tert-OH is 1. The molecule has 0 amide bonds. The molecule has 0 radical (unpaired) electrons. The van der Waals surface area contributed by atoms with Crippen molar-refractivity contribution in [2.75, 3.05) is 26.2 Å². The molecule has 0 saturated heterocycles. The van der Waals surface area contributed by atoms with Crippen LogP contribution in [0.15, 0.2) is 17.1 Å². The lowest BCUT2D eigenvalue weighted by molar-refractivity contribution is -0.935. The molecule has 0 spiro atoms. The minimum absolute atomic E-state index is 0.259. The van der Waals surface area contributed by atoms with E-state index in [-0.39, 0.29) is 6.61 Å². The molecule has 2 unspecified atom stereocenters. The molecule has 1 aliphatic heterocycles. The number of allylic oxidation sites excluding steroid dienone is 1. The summed E-state index contributed by atoms with van der Waals surface area (Å²) in [4.78, 5) is 4.64. The number of quaternary nitrogens is 1. The SMILES string of the molecule is CCCCCCCCC/C=C/CC1N=CC[N+]1(CC)CCO. The fraction of sp³-hybridized carbons (Fsp3) is 0.842. The molecule has 22 heavy (non-hydrogen) atoms. The Bertz CT molecular complexity index is 327. The van der Waals surface area contributed by atoms with Gasteiger partial charge in [-0.05, 0) is 19.8 Å². The van der Waals surface area contributed by atoms with Gasteiger partial charge in [-0.2, -0.15) is 0 Å². The first-order valence-corrected chi connectivity index (χ1v) is 9.42. The molecule has 0 aromatic carbocycles. The van der Waals surface area contributed by atoms with Gasteiger partial charge in [-0.3, -0.25) is 4.48 Å². The first kappa shape index (κ1) is 19.4. The van der Waals surface area contributed by atoms with Crippen molar-refractivity contribution in [3.05, 3.63) is 12.2 Å². The summed E-state index contributed by atoms with van der Waals surface area (Å²) in [7, 11) is 0. The minimum atomic E-state index is 0.259. The minimum Gasteiger partial charge on any atom is -0.391 e. The second-order valence-corrected chi connectivity index (χ2v) is 6.59. The number of aliphatic hydroxyl groups is 1. The number of hydrogen-bond donors (Lipinski definition) is 1. The van der Waals surface area contributed by atoms with Crippen LogP contribution >= 0.6 is 0 Å². The van der Waals surface area contributed by atoms with E-state index in [1.165, 1.54) is 51.4 Å². The Kier molecular flexibility index (Phi) is 10.4. The molecule has 3 heteroatoms. The molecular weight excluding hydrogens is 272 g/mol. The third-order valence-electron chi connectivity index (χ3n) is 5.02.